The minimum absolute atomic E-state index is 0.124. The van der Waals surface area contributed by atoms with Gasteiger partial charge in [-0.1, -0.05) is 0 Å². The summed E-state index contributed by atoms with van der Waals surface area (Å²) in [6.45, 7) is 4.07. The van der Waals surface area contributed by atoms with E-state index in [1.54, 1.807) is 0 Å². The molecule has 0 rings (SSSR count). The first-order chi connectivity index (χ1) is 5.49. The van der Waals surface area contributed by atoms with Crippen LogP contribution in [-0.2, 0) is 0 Å². The summed E-state index contributed by atoms with van der Waals surface area (Å²) in [6.07, 6.45) is 0.556. The van der Waals surface area contributed by atoms with Crippen molar-refractivity contribution >= 4 is 5.84 Å². The fourth-order valence-corrected chi connectivity index (χ4v) is 1.03. The van der Waals surface area contributed by atoms with Crippen molar-refractivity contribution in [2.75, 3.05) is 13.7 Å². The lowest BCUT2D eigenvalue weighted by atomic mass is 10.1. The van der Waals surface area contributed by atoms with Crippen LogP contribution in [0, 0.1) is 5.41 Å². The SMILES string of the molecule is CC(CO)N(C)C(C)CC(=N)N. The first-order valence-corrected chi connectivity index (χ1v) is 4.14. The van der Waals surface area contributed by atoms with Crippen LogP contribution in [0.15, 0.2) is 0 Å². The lowest BCUT2D eigenvalue weighted by molar-refractivity contribution is 0.129. The lowest BCUT2D eigenvalue weighted by Crippen LogP contribution is -2.40. The summed E-state index contributed by atoms with van der Waals surface area (Å²) in [6, 6.07) is 0.337. The van der Waals surface area contributed by atoms with E-state index >= 15 is 0 Å². The normalized spacial score (nSPS) is 16.1. The van der Waals surface area contributed by atoms with Gasteiger partial charge in [0.15, 0.2) is 0 Å². The molecule has 0 aromatic carbocycles. The molecule has 4 heteroatoms. The Balaban J connectivity index is 3.91. The fourth-order valence-electron chi connectivity index (χ4n) is 1.03. The maximum absolute atomic E-state index is 8.86. The van der Waals surface area contributed by atoms with Gasteiger partial charge in [-0.05, 0) is 20.9 Å². The molecule has 0 aliphatic heterocycles. The Kier molecular flexibility index (Phi) is 4.85. The number of nitrogens with one attached hydrogen (secondary N) is 1. The van der Waals surface area contributed by atoms with Gasteiger partial charge in [0.1, 0.15) is 0 Å². The molecule has 0 aromatic rings. The second-order valence-electron chi connectivity index (χ2n) is 3.28. The topological polar surface area (TPSA) is 73.3 Å². The highest BCUT2D eigenvalue weighted by atomic mass is 16.3. The summed E-state index contributed by atoms with van der Waals surface area (Å²) >= 11 is 0. The van der Waals surface area contributed by atoms with Crippen LogP contribution in [0.25, 0.3) is 0 Å². The summed E-state index contributed by atoms with van der Waals surface area (Å²) in [5, 5.41) is 16.0. The van der Waals surface area contributed by atoms with Gasteiger partial charge in [0.05, 0.1) is 12.4 Å². The highest BCUT2D eigenvalue weighted by Gasteiger charge is 2.15. The molecule has 4 N–H and O–H groups in total. The first kappa shape index (κ1) is 11.4. The van der Waals surface area contributed by atoms with E-state index in [0.29, 0.717) is 6.42 Å². The summed E-state index contributed by atoms with van der Waals surface area (Å²) in [4.78, 5) is 2.02. The number of aliphatic hydroxyl groups excluding tert-OH is 1. The van der Waals surface area contributed by atoms with Crippen molar-refractivity contribution in [2.45, 2.75) is 32.4 Å². The first-order valence-electron chi connectivity index (χ1n) is 4.14. The molecule has 0 saturated heterocycles. The minimum atomic E-state index is 0.124. The molecule has 0 radical (unpaired) electrons. The van der Waals surface area contributed by atoms with E-state index in [0.717, 1.165) is 0 Å². The molecule has 0 heterocycles. The van der Waals surface area contributed by atoms with Crippen molar-refractivity contribution in [2.24, 2.45) is 5.73 Å². The second kappa shape index (κ2) is 5.11. The monoisotopic (exact) mass is 173 g/mol. The Morgan fingerprint density at radius 2 is 2.00 bits per heavy atom. The third-order valence-electron chi connectivity index (χ3n) is 2.17. The van der Waals surface area contributed by atoms with Crippen LogP contribution < -0.4 is 5.73 Å². The average Bonchev–Trinajstić information content (AvgIpc) is 2.00. The van der Waals surface area contributed by atoms with Gasteiger partial charge in [0.2, 0.25) is 0 Å². The van der Waals surface area contributed by atoms with E-state index in [1.807, 2.05) is 25.8 Å². The Morgan fingerprint density at radius 1 is 1.50 bits per heavy atom. The lowest BCUT2D eigenvalue weighted by Gasteiger charge is -2.29. The Labute approximate surface area is 73.9 Å². The third-order valence-corrected chi connectivity index (χ3v) is 2.17. The van der Waals surface area contributed by atoms with Crippen LogP contribution in [0.2, 0.25) is 0 Å². The molecule has 12 heavy (non-hydrogen) atoms. The smallest absolute Gasteiger partial charge is 0.0920 e. The van der Waals surface area contributed by atoms with Gasteiger partial charge in [-0.15, -0.1) is 0 Å². The zero-order valence-electron chi connectivity index (χ0n) is 8.04. The fraction of sp³-hybridized carbons (Fsp3) is 0.875. The summed E-state index contributed by atoms with van der Waals surface area (Å²) in [5.41, 5.74) is 5.27. The predicted octanol–water partition coefficient (Wildman–Crippen LogP) is 0.0136. The van der Waals surface area contributed by atoms with Crippen molar-refractivity contribution in [3.63, 3.8) is 0 Å². The van der Waals surface area contributed by atoms with Gasteiger partial charge in [0.25, 0.3) is 0 Å². The second-order valence-corrected chi connectivity index (χ2v) is 3.28. The molecule has 72 valence electrons. The molecule has 0 spiro atoms. The Bertz CT molecular complexity index is 149. The number of nitrogens with zero attached hydrogens (tertiary/aromatic N) is 1. The molecule has 0 bridgehead atoms. The number of hydrogen-bond donors (Lipinski definition) is 3. The van der Waals surface area contributed by atoms with Gasteiger partial charge in [-0.3, -0.25) is 10.3 Å². The van der Waals surface area contributed by atoms with Crippen LogP contribution in [0.4, 0.5) is 0 Å². The van der Waals surface area contributed by atoms with Crippen LogP contribution in [-0.4, -0.2) is 41.6 Å². The van der Waals surface area contributed by atoms with Gasteiger partial charge >= 0.3 is 0 Å². The molecule has 2 atom stereocenters. The molecule has 2 unspecified atom stereocenters. The van der Waals surface area contributed by atoms with E-state index in [4.69, 9.17) is 16.2 Å². The highest BCUT2D eigenvalue weighted by Crippen LogP contribution is 2.04. The van der Waals surface area contributed by atoms with Gasteiger partial charge < -0.3 is 10.8 Å². The Hall–Kier alpha value is -0.610. The number of likely N-dealkylation sites (N-methyl/N-ethyl adjacent to an activating group) is 1. The maximum Gasteiger partial charge on any atom is 0.0920 e. The van der Waals surface area contributed by atoms with E-state index in [9.17, 15) is 0 Å². The molecule has 0 aliphatic rings. The zero-order chi connectivity index (χ0) is 9.72. The quantitative estimate of drug-likeness (QED) is 0.405. The standard InChI is InChI=1S/C8H19N3O/c1-6(4-8(9)10)11(3)7(2)5-12/h6-7,12H,4-5H2,1-3H3,(H3,9,10). The van der Waals surface area contributed by atoms with E-state index in [1.165, 1.54) is 0 Å². The largest absolute Gasteiger partial charge is 0.395 e. The van der Waals surface area contributed by atoms with Crippen molar-refractivity contribution < 1.29 is 5.11 Å². The maximum atomic E-state index is 8.86. The van der Waals surface area contributed by atoms with Gasteiger partial charge in [0, 0.05) is 18.5 Å². The summed E-state index contributed by atoms with van der Waals surface area (Å²) < 4.78 is 0. The summed E-state index contributed by atoms with van der Waals surface area (Å²) in [5.74, 6) is 0.194. The van der Waals surface area contributed by atoms with E-state index < -0.39 is 0 Å². The third kappa shape index (κ3) is 3.69. The van der Waals surface area contributed by atoms with E-state index in [2.05, 4.69) is 0 Å². The van der Waals surface area contributed by atoms with Gasteiger partial charge in [-0.25, -0.2) is 0 Å². The van der Waals surface area contributed by atoms with E-state index in [-0.39, 0.29) is 24.5 Å². The van der Waals surface area contributed by atoms with Crippen LogP contribution in [0.1, 0.15) is 20.3 Å². The molecule has 4 nitrogen and oxygen atoms in total. The molecular formula is C8H19N3O. The Morgan fingerprint density at radius 3 is 2.33 bits per heavy atom. The number of rotatable bonds is 5. The number of nitrogens with two attached hydrogens (primary N) is 1. The van der Waals surface area contributed by atoms with Crippen molar-refractivity contribution in [1.29, 1.82) is 5.41 Å². The minimum Gasteiger partial charge on any atom is -0.395 e. The van der Waals surface area contributed by atoms with Crippen LogP contribution in [0.5, 0.6) is 0 Å². The number of amidine groups is 1. The average molecular weight is 173 g/mol. The molecule has 0 aliphatic carbocycles. The number of aliphatic hydroxyl groups is 1. The van der Waals surface area contributed by atoms with Crippen LogP contribution >= 0.6 is 0 Å². The van der Waals surface area contributed by atoms with Crippen molar-refractivity contribution in [1.82, 2.24) is 4.90 Å². The highest BCUT2D eigenvalue weighted by molar-refractivity contribution is 5.77. The molecular weight excluding hydrogens is 154 g/mol. The predicted molar refractivity (Wildman–Crippen MR) is 50.3 cm³/mol. The van der Waals surface area contributed by atoms with Crippen LogP contribution in [0.3, 0.4) is 0 Å². The number of hydrogen-bond acceptors (Lipinski definition) is 3. The molecule has 0 fully saturated rings. The van der Waals surface area contributed by atoms with Gasteiger partial charge in [-0.2, -0.15) is 0 Å². The molecule has 0 amide bonds. The zero-order valence-corrected chi connectivity index (χ0v) is 8.04. The van der Waals surface area contributed by atoms with Crippen molar-refractivity contribution in [3.8, 4) is 0 Å². The molecule has 0 saturated carbocycles. The van der Waals surface area contributed by atoms with Crippen molar-refractivity contribution in [3.05, 3.63) is 0 Å². The summed E-state index contributed by atoms with van der Waals surface area (Å²) in [7, 11) is 1.93. The molecule has 0 aromatic heterocycles.